The lowest BCUT2D eigenvalue weighted by Crippen LogP contribution is -2.46. The first kappa shape index (κ1) is 12.8. The zero-order valence-corrected chi connectivity index (χ0v) is 9.83. The first-order chi connectivity index (χ1) is 7.49. The Morgan fingerprint density at radius 1 is 1.62 bits per heavy atom. The lowest BCUT2D eigenvalue weighted by Gasteiger charge is -2.27. The van der Waals surface area contributed by atoms with Crippen LogP contribution < -0.4 is 5.32 Å². The number of hydrogen-bond donors (Lipinski definition) is 1. The molecule has 2 atom stereocenters. The van der Waals surface area contributed by atoms with Crippen LogP contribution in [-0.4, -0.2) is 21.5 Å². The SMILES string of the molecule is CCC(C)(NC(=O)C(F)Cl)c1ncccn1. The Hall–Kier alpha value is -1.23. The predicted molar refractivity (Wildman–Crippen MR) is 58.6 cm³/mol. The molecule has 0 fully saturated rings. The third-order valence-electron chi connectivity index (χ3n) is 2.36. The van der Waals surface area contributed by atoms with Crippen molar-refractivity contribution in [2.75, 3.05) is 0 Å². The molecule has 1 rings (SSSR count). The van der Waals surface area contributed by atoms with Gasteiger partial charge in [-0.05, 0) is 19.4 Å². The highest BCUT2D eigenvalue weighted by molar-refractivity contribution is 6.29. The molecule has 0 saturated carbocycles. The molecule has 0 spiro atoms. The van der Waals surface area contributed by atoms with Crippen molar-refractivity contribution in [2.24, 2.45) is 0 Å². The van der Waals surface area contributed by atoms with E-state index in [0.29, 0.717) is 12.2 Å². The summed E-state index contributed by atoms with van der Waals surface area (Å²) in [6.07, 6.45) is 3.67. The quantitative estimate of drug-likeness (QED) is 0.823. The first-order valence-electron chi connectivity index (χ1n) is 4.87. The fraction of sp³-hybridized carbons (Fsp3) is 0.500. The molecule has 6 heteroatoms. The summed E-state index contributed by atoms with van der Waals surface area (Å²) < 4.78 is 12.6. The molecule has 1 amide bonds. The summed E-state index contributed by atoms with van der Waals surface area (Å²) in [7, 11) is 0. The Morgan fingerprint density at radius 2 is 2.19 bits per heavy atom. The number of aromatic nitrogens is 2. The average Bonchev–Trinajstić information content (AvgIpc) is 2.29. The highest BCUT2D eigenvalue weighted by Crippen LogP contribution is 2.20. The Labute approximate surface area is 98.2 Å². The van der Waals surface area contributed by atoms with E-state index < -0.39 is 17.1 Å². The summed E-state index contributed by atoms with van der Waals surface area (Å²) in [6, 6.07) is 1.67. The standard InChI is InChI=1S/C10H13ClFN3O/c1-3-10(2,15-8(16)7(11)12)9-13-5-4-6-14-9/h4-7H,3H2,1-2H3,(H,15,16). The number of amides is 1. The maximum atomic E-state index is 12.6. The smallest absolute Gasteiger partial charge is 0.270 e. The molecule has 0 aliphatic rings. The molecule has 1 N–H and O–H groups in total. The average molecular weight is 246 g/mol. The Bertz CT molecular complexity index is 360. The predicted octanol–water partition coefficient (Wildman–Crippen LogP) is 1.75. The van der Waals surface area contributed by atoms with Crippen LogP contribution >= 0.6 is 11.6 Å². The van der Waals surface area contributed by atoms with Gasteiger partial charge in [0, 0.05) is 12.4 Å². The maximum Gasteiger partial charge on any atom is 0.270 e. The lowest BCUT2D eigenvalue weighted by molar-refractivity contribution is -0.125. The summed E-state index contributed by atoms with van der Waals surface area (Å²) >= 11 is 5.06. The molecule has 4 nitrogen and oxygen atoms in total. The molecule has 0 saturated heterocycles. The van der Waals surface area contributed by atoms with Gasteiger partial charge in [0.05, 0.1) is 5.54 Å². The first-order valence-corrected chi connectivity index (χ1v) is 5.31. The molecule has 0 aromatic carbocycles. The van der Waals surface area contributed by atoms with Crippen molar-refractivity contribution in [1.29, 1.82) is 0 Å². The summed E-state index contributed by atoms with van der Waals surface area (Å²) in [4.78, 5) is 19.3. The monoisotopic (exact) mass is 245 g/mol. The lowest BCUT2D eigenvalue weighted by atomic mass is 9.97. The second-order valence-corrected chi connectivity index (χ2v) is 3.93. The van der Waals surface area contributed by atoms with E-state index >= 15 is 0 Å². The van der Waals surface area contributed by atoms with E-state index in [0.717, 1.165) is 0 Å². The Kier molecular flexibility index (Phi) is 4.18. The van der Waals surface area contributed by atoms with Crippen molar-refractivity contribution in [3.8, 4) is 0 Å². The Balaban J connectivity index is 2.90. The molecule has 1 aromatic heterocycles. The molecule has 1 aromatic rings. The van der Waals surface area contributed by atoms with Crippen molar-refractivity contribution < 1.29 is 9.18 Å². The number of nitrogens with zero attached hydrogens (tertiary/aromatic N) is 2. The van der Waals surface area contributed by atoms with E-state index in [1.807, 2.05) is 6.92 Å². The number of rotatable bonds is 4. The van der Waals surface area contributed by atoms with E-state index in [-0.39, 0.29) is 0 Å². The van der Waals surface area contributed by atoms with Gasteiger partial charge < -0.3 is 5.32 Å². The van der Waals surface area contributed by atoms with Crippen LogP contribution in [-0.2, 0) is 10.3 Å². The van der Waals surface area contributed by atoms with Gasteiger partial charge in [-0.15, -0.1) is 0 Å². The molecular weight excluding hydrogens is 233 g/mol. The zero-order valence-electron chi connectivity index (χ0n) is 9.08. The number of halogens is 2. The molecule has 16 heavy (non-hydrogen) atoms. The summed E-state index contributed by atoms with van der Waals surface area (Å²) in [6.45, 7) is 3.57. The molecule has 1 heterocycles. The zero-order chi connectivity index (χ0) is 12.2. The van der Waals surface area contributed by atoms with Gasteiger partial charge in [-0.1, -0.05) is 18.5 Å². The molecule has 0 bridgehead atoms. The highest BCUT2D eigenvalue weighted by Gasteiger charge is 2.31. The summed E-state index contributed by atoms with van der Waals surface area (Å²) in [5, 5.41) is 2.49. The number of hydrogen-bond acceptors (Lipinski definition) is 3. The molecule has 2 unspecified atom stereocenters. The Morgan fingerprint density at radius 3 is 2.62 bits per heavy atom. The van der Waals surface area contributed by atoms with Gasteiger partial charge in [0.25, 0.3) is 11.5 Å². The van der Waals surface area contributed by atoms with Gasteiger partial charge in [0.1, 0.15) is 0 Å². The van der Waals surface area contributed by atoms with Gasteiger partial charge in [-0.25, -0.2) is 14.4 Å². The van der Waals surface area contributed by atoms with Crippen LogP contribution in [0.3, 0.4) is 0 Å². The fourth-order valence-corrected chi connectivity index (χ4v) is 1.27. The second-order valence-electron chi connectivity index (χ2n) is 3.55. The normalized spacial score (nSPS) is 16.2. The van der Waals surface area contributed by atoms with Gasteiger partial charge in [-0.3, -0.25) is 4.79 Å². The van der Waals surface area contributed by atoms with Gasteiger partial charge in [0.2, 0.25) is 0 Å². The van der Waals surface area contributed by atoms with Crippen LogP contribution in [0.25, 0.3) is 0 Å². The van der Waals surface area contributed by atoms with E-state index in [4.69, 9.17) is 11.6 Å². The van der Waals surface area contributed by atoms with Gasteiger partial charge in [-0.2, -0.15) is 0 Å². The van der Waals surface area contributed by atoms with Gasteiger partial charge >= 0.3 is 0 Å². The van der Waals surface area contributed by atoms with Crippen molar-refractivity contribution in [3.63, 3.8) is 0 Å². The number of nitrogens with one attached hydrogen (secondary N) is 1. The molecule has 0 aliphatic carbocycles. The number of carbonyl (C=O) groups is 1. The van der Waals surface area contributed by atoms with E-state index in [1.54, 1.807) is 25.4 Å². The molecule has 88 valence electrons. The van der Waals surface area contributed by atoms with Crippen LogP contribution in [0.1, 0.15) is 26.1 Å². The fourth-order valence-electron chi connectivity index (χ4n) is 1.21. The van der Waals surface area contributed by atoms with Gasteiger partial charge in [0.15, 0.2) is 5.82 Å². The minimum atomic E-state index is -2.06. The second kappa shape index (κ2) is 5.21. The van der Waals surface area contributed by atoms with E-state index in [1.165, 1.54) is 0 Å². The van der Waals surface area contributed by atoms with Crippen LogP contribution in [0.5, 0.6) is 0 Å². The van der Waals surface area contributed by atoms with Crippen molar-refractivity contribution in [3.05, 3.63) is 24.3 Å². The molecular formula is C10H13ClFN3O. The highest BCUT2D eigenvalue weighted by atomic mass is 35.5. The van der Waals surface area contributed by atoms with Crippen LogP contribution in [0.2, 0.25) is 0 Å². The molecule has 0 radical (unpaired) electrons. The maximum absolute atomic E-state index is 12.6. The van der Waals surface area contributed by atoms with Crippen molar-refractivity contribution >= 4 is 17.5 Å². The van der Waals surface area contributed by atoms with Crippen LogP contribution in [0.15, 0.2) is 18.5 Å². The van der Waals surface area contributed by atoms with Crippen molar-refractivity contribution in [2.45, 2.75) is 31.4 Å². The third kappa shape index (κ3) is 2.88. The molecule has 0 aliphatic heterocycles. The van der Waals surface area contributed by atoms with E-state index in [9.17, 15) is 9.18 Å². The summed E-state index contributed by atoms with van der Waals surface area (Å²) in [5.41, 5.74) is -2.87. The van der Waals surface area contributed by atoms with E-state index in [2.05, 4.69) is 15.3 Å². The van der Waals surface area contributed by atoms with Crippen LogP contribution in [0.4, 0.5) is 4.39 Å². The number of carbonyl (C=O) groups excluding carboxylic acids is 1. The minimum absolute atomic E-state index is 0.433. The minimum Gasteiger partial charge on any atom is -0.340 e. The van der Waals surface area contributed by atoms with Crippen molar-refractivity contribution in [1.82, 2.24) is 15.3 Å². The summed E-state index contributed by atoms with van der Waals surface area (Å²) in [5.74, 6) is -0.443. The third-order valence-corrected chi connectivity index (χ3v) is 2.56. The largest absolute Gasteiger partial charge is 0.340 e. The number of alkyl halides is 2. The van der Waals surface area contributed by atoms with Crippen LogP contribution in [0, 0.1) is 0 Å². The topological polar surface area (TPSA) is 54.9 Å².